The van der Waals surface area contributed by atoms with Crippen LogP contribution < -0.4 is 10.6 Å². The van der Waals surface area contributed by atoms with E-state index in [-0.39, 0.29) is 24.2 Å². The first-order valence-electron chi connectivity index (χ1n) is 7.45. The normalized spacial score (nSPS) is 42.6. The van der Waals surface area contributed by atoms with E-state index in [0.717, 1.165) is 32.1 Å². The Labute approximate surface area is 118 Å². The van der Waals surface area contributed by atoms with Crippen LogP contribution in [0.4, 0.5) is 4.79 Å². The smallest absolute Gasteiger partial charge is 0.315 e. The van der Waals surface area contributed by atoms with Crippen molar-refractivity contribution in [2.24, 2.45) is 5.41 Å². The molecule has 6 heteroatoms. The lowest BCUT2D eigenvalue weighted by Crippen LogP contribution is -2.53. The van der Waals surface area contributed by atoms with Crippen LogP contribution in [0.3, 0.4) is 0 Å². The fraction of sp³-hybridized carbons (Fsp3) is 0.857. The molecule has 1 saturated carbocycles. The van der Waals surface area contributed by atoms with Gasteiger partial charge >= 0.3 is 12.0 Å². The Hall–Kier alpha value is -1.30. The quantitative estimate of drug-likeness (QED) is 0.727. The van der Waals surface area contributed by atoms with Gasteiger partial charge in [-0.15, -0.1) is 0 Å². The van der Waals surface area contributed by atoms with Gasteiger partial charge in [0, 0.05) is 6.04 Å². The van der Waals surface area contributed by atoms with E-state index in [4.69, 9.17) is 4.74 Å². The highest BCUT2D eigenvalue weighted by molar-refractivity contribution is 5.79. The number of rotatable bonds is 3. The van der Waals surface area contributed by atoms with Gasteiger partial charge in [-0.2, -0.15) is 0 Å². The summed E-state index contributed by atoms with van der Waals surface area (Å²) in [7, 11) is 0. The zero-order valence-electron chi connectivity index (χ0n) is 11.7. The van der Waals surface area contributed by atoms with Crippen molar-refractivity contribution in [1.29, 1.82) is 0 Å². The largest absolute Gasteiger partial charge is 0.481 e. The minimum Gasteiger partial charge on any atom is -0.481 e. The molecule has 3 N–H and O–H groups in total. The van der Waals surface area contributed by atoms with E-state index in [1.807, 2.05) is 0 Å². The van der Waals surface area contributed by atoms with Crippen LogP contribution in [0.5, 0.6) is 0 Å². The lowest BCUT2D eigenvalue weighted by atomic mass is 9.85. The number of carboxylic acid groups (broad SMARTS) is 1. The molecule has 3 rings (SSSR count). The molecule has 2 saturated heterocycles. The molecular weight excluding hydrogens is 260 g/mol. The number of hydrogen-bond acceptors (Lipinski definition) is 3. The molecule has 6 nitrogen and oxygen atoms in total. The van der Waals surface area contributed by atoms with Crippen molar-refractivity contribution in [1.82, 2.24) is 10.6 Å². The highest BCUT2D eigenvalue weighted by Gasteiger charge is 2.47. The zero-order valence-corrected chi connectivity index (χ0v) is 11.7. The number of fused-ring (bicyclic) bond motifs is 2. The first kappa shape index (κ1) is 13.7. The SMILES string of the molecule is CC1(C(=O)O)CCCC1NC(=O)NC1CC2CCC1O2. The van der Waals surface area contributed by atoms with Gasteiger partial charge in [0.2, 0.25) is 0 Å². The second kappa shape index (κ2) is 4.91. The summed E-state index contributed by atoms with van der Waals surface area (Å²) in [5, 5.41) is 15.1. The summed E-state index contributed by atoms with van der Waals surface area (Å²) in [5.74, 6) is -0.830. The molecule has 2 heterocycles. The average Bonchev–Trinajstić information content (AvgIpc) is 3.06. The molecule has 2 bridgehead atoms. The monoisotopic (exact) mass is 282 g/mol. The Balaban J connectivity index is 1.55. The molecule has 0 radical (unpaired) electrons. The van der Waals surface area contributed by atoms with E-state index in [0.29, 0.717) is 12.5 Å². The molecule has 0 aromatic rings. The summed E-state index contributed by atoms with van der Waals surface area (Å²) in [6.45, 7) is 1.72. The summed E-state index contributed by atoms with van der Waals surface area (Å²) < 4.78 is 5.70. The van der Waals surface area contributed by atoms with Crippen molar-refractivity contribution < 1.29 is 19.4 Å². The second-order valence-electron chi connectivity index (χ2n) is 6.50. The van der Waals surface area contributed by atoms with E-state index >= 15 is 0 Å². The molecule has 0 spiro atoms. The number of carboxylic acids is 1. The minimum atomic E-state index is -0.845. The average molecular weight is 282 g/mol. The van der Waals surface area contributed by atoms with Gasteiger partial charge in [0.05, 0.1) is 23.7 Å². The fourth-order valence-electron chi connectivity index (χ4n) is 3.81. The molecule has 5 unspecified atom stereocenters. The molecule has 112 valence electrons. The summed E-state index contributed by atoms with van der Waals surface area (Å²) in [4.78, 5) is 23.4. The molecule has 1 aliphatic carbocycles. The summed E-state index contributed by atoms with van der Waals surface area (Å²) in [6.07, 6.45) is 5.58. The van der Waals surface area contributed by atoms with Crippen LogP contribution in [0.2, 0.25) is 0 Å². The maximum atomic E-state index is 12.1. The molecule has 3 aliphatic rings. The molecule has 3 fully saturated rings. The summed E-state index contributed by atoms with van der Waals surface area (Å²) in [5.41, 5.74) is -0.845. The third-order valence-corrected chi connectivity index (χ3v) is 5.17. The number of ether oxygens (including phenoxy) is 1. The van der Waals surface area contributed by atoms with Gasteiger partial charge < -0.3 is 20.5 Å². The molecule has 20 heavy (non-hydrogen) atoms. The third kappa shape index (κ3) is 2.26. The van der Waals surface area contributed by atoms with Gasteiger partial charge in [-0.05, 0) is 39.0 Å². The zero-order chi connectivity index (χ0) is 14.3. The molecule has 0 aromatic carbocycles. The van der Waals surface area contributed by atoms with Crippen LogP contribution in [0.25, 0.3) is 0 Å². The highest BCUT2D eigenvalue weighted by Crippen LogP contribution is 2.38. The van der Waals surface area contributed by atoms with Gasteiger partial charge in [0.1, 0.15) is 0 Å². The standard InChI is InChI=1S/C14H22N2O4/c1-14(12(17)18)6-2-3-11(14)16-13(19)15-9-7-8-4-5-10(9)20-8/h8-11H,2-7H2,1H3,(H,17,18)(H2,15,16,19). The van der Waals surface area contributed by atoms with Gasteiger partial charge in [-0.25, -0.2) is 4.79 Å². The number of urea groups is 1. The maximum absolute atomic E-state index is 12.1. The number of nitrogens with one attached hydrogen (secondary N) is 2. The maximum Gasteiger partial charge on any atom is 0.315 e. The summed E-state index contributed by atoms with van der Waals surface area (Å²) >= 11 is 0. The van der Waals surface area contributed by atoms with Crippen molar-refractivity contribution in [3.8, 4) is 0 Å². The molecule has 2 aliphatic heterocycles. The van der Waals surface area contributed by atoms with Crippen molar-refractivity contribution in [3.63, 3.8) is 0 Å². The van der Waals surface area contributed by atoms with Crippen molar-refractivity contribution in [2.75, 3.05) is 0 Å². The highest BCUT2D eigenvalue weighted by atomic mass is 16.5. The Morgan fingerprint density at radius 2 is 2.05 bits per heavy atom. The van der Waals surface area contributed by atoms with E-state index in [9.17, 15) is 14.7 Å². The number of carbonyl (C=O) groups excluding carboxylic acids is 1. The third-order valence-electron chi connectivity index (χ3n) is 5.17. The number of carbonyl (C=O) groups is 2. The topological polar surface area (TPSA) is 87.7 Å². The van der Waals surface area contributed by atoms with Crippen molar-refractivity contribution in [2.45, 2.75) is 69.7 Å². The number of hydrogen-bond donors (Lipinski definition) is 3. The predicted octanol–water partition coefficient (Wildman–Crippen LogP) is 1.25. The Morgan fingerprint density at radius 3 is 2.65 bits per heavy atom. The first-order valence-corrected chi connectivity index (χ1v) is 7.45. The van der Waals surface area contributed by atoms with Crippen LogP contribution in [-0.4, -0.2) is 41.4 Å². The van der Waals surface area contributed by atoms with Gasteiger partial charge in [-0.3, -0.25) is 4.79 Å². The predicted molar refractivity (Wildman–Crippen MR) is 71.3 cm³/mol. The lowest BCUT2D eigenvalue weighted by Gasteiger charge is -2.29. The number of aliphatic carboxylic acids is 1. The van der Waals surface area contributed by atoms with Gasteiger partial charge in [0.25, 0.3) is 0 Å². The van der Waals surface area contributed by atoms with Crippen LogP contribution in [-0.2, 0) is 9.53 Å². The number of amides is 2. The van der Waals surface area contributed by atoms with E-state index in [1.165, 1.54) is 0 Å². The van der Waals surface area contributed by atoms with Crippen molar-refractivity contribution >= 4 is 12.0 Å². The van der Waals surface area contributed by atoms with Gasteiger partial charge in [0.15, 0.2) is 0 Å². The molecule has 5 atom stereocenters. The Kier molecular flexibility index (Phi) is 3.36. The Morgan fingerprint density at radius 1 is 1.25 bits per heavy atom. The second-order valence-corrected chi connectivity index (χ2v) is 6.50. The van der Waals surface area contributed by atoms with E-state index in [2.05, 4.69) is 10.6 Å². The van der Waals surface area contributed by atoms with Crippen LogP contribution in [0.15, 0.2) is 0 Å². The molecule has 2 amide bonds. The molecular formula is C14H22N2O4. The van der Waals surface area contributed by atoms with Gasteiger partial charge in [-0.1, -0.05) is 6.42 Å². The van der Waals surface area contributed by atoms with Crippen LogP contribution in [0.1, 0.15) is 45.4 Å². The lowest BCUT2D eigenvalue weighted by molar-refractivity contribution is -0.148. The minimum absolute atomic E-state index is 0.0752. The molecule has 0 aromatic heterocycles. The van der Waals surface area contributed by atoms with Crippen LogP contribution in [0, 0.1) is 5.41 Å². The van der Waals surface area contributed by atoms with Crippen LogP contribution >= 0.6 is 0 Å². The van der Waals surface area contributed by atoms with Crippen molar-refractivity contribution in [3.05, 3.63) is 0 Å². The van der Waals surface area contributed by atoms with E-state index < -0.39 is 11.4 Å². The van der Waals surface area contributed by atoms with E-state index in [1.54, 1.807) is 6.92 Å². The summed E-state index contributed by atoms with van der Waals surface area (Å²) in [6, 6.07) is -0.476. The fourth-order valence-corrected chi connectivity index (χ4v) is 3.81. The first-order chi connectivity index (χ1) is 9.49. The Bertz CT molecular complexity index is 427.